The van der Waals surface area contributed by atoms with E-state index >= 15 is 0 Å². The Morgan fingerprint density at radius 1 is 1.12 bits per heavy atom. The molecule has 0 radical (unpaired) electrons. The van der Waals surface area contributed by atoms with E-state index in [4.69, 9.17) is 16.3 Å². The van der Waals surface area contributed by atoms with Crippen LogP contribution in [-0.4, -0.2) is 32.1 Å². The highest BCUT2D eigenvalue weighted by Gasteiger charge is 2.19. The predicted molar refractivity (Wildman–Crippen MR) is 122 cm³/mol. The van der Waals surface area contributed by atoms with Gasteiger partial charge in [-0.25, -0.2) is 9.18 Å². The van der Waals surface area contributed by atoms with Crippen molar-refractivity contribution in [2.45, 2.75) is 65.5 Å². The Labute approximate surface area is 191 Å². The first-order valence-electron chi connectivity index (χ1n) is 11.0. The van der Waals surface area contributed by atoms with Gasteiger partial charge >= 0.3 is 5.97 Å². The number of halogens is 2. The predicted octanol–water partition coefficient (Wildman–Crippen LogP) is 4.97. The van der Waals surface area contributed by atoms with Gasteiger partial charge in [0.1, 0.15) is 17.1 Å². The SMILES string of the molecule is CCCCCCCCn1cc(Cn2cc(C(=O)OCC)c(=O)c3cc(F)c(Cl)cc32)nn1. The lowest BCUT2D eigenvalue weighted by Gasteiger charge is -2.12. The van der Waals surface area contributed by atoms with Crippen LogP contribution in [0.5, 0.6) is 0 Å². The summed E-state index contributed by atoms with van der Waals surface area (Å²) in [7, 11) is 0. The van der Waals surface area contributed by atoms with E-state index in [1.165, 1.54) is 37.9 Å². The molecule has 0 aliphatic heterocycles. The number of aromatic nitrogens is 4. The second kappa shape index (κ2) is 11.2. The molecule has 172 valence electrons. The van der Waals surface area contributed by atoms with Crippen molar-refractivity contribution >= 4 is 28.5 Å². The zero-order chi connectivity index (χ0) is 23.1. The van der Waals surface area contributed by atoms with Crippen LogP contribution in [0, 0.1) is 5.82 Å². The summed E-state index contributed by atoms with van der Waals surface area (Å²) in [5, 5.41) is 8.33. The van der Waals surface area contributed by atoms with Crippen molar-refractivity contribution < 1.29 is 13.9 Å². The van der Waals surface area contributed by atoms with E-state index in [1.54, 1.807) is 16.2 Å². The molecule has 0 spiro atoms. The standard InChI is InChI=1S/C23H28ClFN4O3/c1-3-5-6-7-8-9-10-29-14-16(26-27-29)13-28-15-18(23(31)32-4-2)22(30)17-11-20(25)19(24)12-21(17)28/h11-12,14-15H,3-10,13H2,1-2H3. The van der Waals surface area contributed by atoms with Crippen LogP contribution in [0.15, 0.2) is 29.3 Å². The molecule has 2 heterocycles. The summed E-state index contributed by atoms with van der Waals surface area (Å²) in [6, 6.07) is 2.43. The zero-order valence-corrected chi connectivity index (χ0v) is 19.2. The Bertz CT molecular complexity index is 1140. The van der Waals surface area contributed by atoms with Gasteiger partial charge in [0.2, 0.25) is 5.43 Å². The third-order valence-corrected chi connectivity index (χ3v) is 5.57. The fourth-order valence-corrected chi connectivity index (χ4v) is 3.78. The number of esters is 1. The van der Waals surface area contributed by atoms with Crippen LogP contribution in [0.4, 0.5) is 4.39 Å². The van der Waals surface area contributed by atoms with E-state index in [-0.39, 0.29) is 29.1 Å². The summed E-state index contributed by atoms with van der Waals surface area (Å²) in [5.74, 6) is -1.48. The van der Waals surface area contributed by atoms with Crippen LogP contribution in [0.2, 0.25) is 5.02 Å². The molecule has 1 aromatic carbocycles. The van der Waals surface area contributed by atoms with Gasteiger partial charge in [0, 0.05) is 18.1 Å². The molecule has 32 heavy (non-hydrogen) atoms. The highest BCUT2D eigenvalue weighted by molar-refractivity contribution is 6.31. The zero-order valence-electron chi connectivity index (χ0n) is 18.4. The number of benzene rings is 1. The first-order chi connectivity index (χ1) is 15.4. The topological polar surface area (TPSA) is 79.0 Å². The number of nitrogens with zero attached hydrogens (tertiary/aromatic N) is 4. The van der Waals surface area contributed by atoms with E-state index in [2.05, 4.69) is 17.2 Å². The van der Waals surface area contributed by atoms with Gasteiger partial charge in [-0.15, -0.1) is 5.10 Å². The van der Waals surface area contributed by atoms with Crippen molar-refractivity contribution in [3.05, 3.63) is 56.8 Å². The van der Waals surface area contributed by atoms with Crippen LogP contribution in [0.3, 0.4) is 0 Å². The molecule has 3 rings (SSSR count). The van der Waals surface area contributed by atoms with Gasteiger partial charge in [-0.3, -0.25) is 9.48 Å². The summed E-state index contributed by atoms with van der Waals surface area (Å²) in [5.41, 5.74) is 0.286. The Balaban J connectivity index is 1.84. The van der Waals surface area contributed by atoms with E-state index in [0.29, 0.717) is 11.2 Å². The van der Waals surface area contributed by atoms with Gasteiger partial charge in [-0.1, -0.05) is 55.8 Å². The molecule has 0 saturated heterocycles. The molecular formula is C23H28ClFN4O3. The van der Waals surface area contributed by atoms with Gasteiger partial charge in [0.25, 0.3) is 0 Å². The smallest absolute Gasteiger partial charge is 0.343 e. The third-order valence-electron chi connectivity index (χ3n) is 5.28. The Morgan fingerprint density at radius 2 is 1.88 bits per heavy atom. The number of carbonyl (C=O) groups is 1. The average molecular weight is 463 g/mol. The number of unbranched alkanes of at least 4 members (excludes halogenated alkanes) is 5. The second-order valence-corrected chi connectivity index (χ2v) is 8.15. The fourth-order valence-electron chi connectivity index (χ4n) is 3.62. The van der Waals surface area contributed by atoms with Crippen LogP contribution >= 0.6 is 11.6 Å². The largest absolute Gasteiger partial charge is 0.462 e. The molecular weight excluding hydrogens is 435 g/mol. The number of aryl methyl sites for hydroxylation is 1. The minimum absolute atomic E-state index is 0.0527. The van der Waals surface area contributed by atoms with Crippen molar-refractivity contribution in [3.8, 4) is 0 Å². The van der Waals surface area contributed by atoms with Gasteiger partial charge < -0.3 is 9.30 Å². The summed E-state index contributed by atoms with van der Waals surface area (Å²) in [6.45, 7) is 4.98. The first kappa shape index (κ1) is 23.9. The number of carbonyl (C=O) groups excluding carboxylic acids is 1. The van der Waals surface area contributed by atoms with E-state index in [1.807, 2.05) is 6.20 Å². The summed E-state index contributed by atoms with van der Waals surface area (Å²) in [6.07, 6.45) is 10.4. The molecule has 0 aliphatic carbocycles. The van der Waals surface area contributed by atoms with Crippen LogP contribution in [0.25, 0.3) is 10.9 Å². The number of pyridine rings is 1. The molecule has 2 aromatic heterocycles. The maximum Gasteiger partial charge on any atom is 0.343 e. The monoisotopic (exact) mass is 462 g/mol. The fraction of sp³-hybridized carbons (Fsp3) is 0.478. The lowest BCUT2D eigenvalue weighted by Crippen LogP contribution is -2.21. The molecule has 3 aromatic rings. The number of rotatable bonds is 11. The molecule has 0 unspecified atom stereocenters. The minimum atomic E-state index is -0.754. The van der Waals surface area contributed by atoms with Gasteiger partial charge in [0.15, 0.2) is 0 Å². The lowest BCUT2D eigenvalue weighted by atomic mass is 10.1. The lowest BCUT2D eigenvalue weighted by molar-refractivity contribution is 0.0524. The molecule has 0 aliphatic rings. The van der Waals surface area contributed by atoms with Crippen molar-refractivity contribution in [1.29, 1.82) is 0 Å². The normalized spacial score (nSPS) is 11.2. The van der Waals surface area contributed by atoms with Gasteiger partial charge in [-0.05, 0) is 25.5 Å². The molecule has 9 heteroatoms. The van der Waals surface area contributed by atoms with Crippen molar-refractivity contribution in [2.75, 3.05) is 6.61 Å². The minimum Gasteiger partial charge on any atom is -0.462 e. The van der Waals surface area contributed by atoms with Gasteiger partial charge in [-0.2, -0.15) is 0 Å². The van der Waals surface area contributed by atoms with Crippen molar-refractivity contribution in [3.63, 3.8) is 0 Å². The Kier molecular flexibility index (Phi) is 8.39. The number of ether oxygens (including phenoxy) is 1. The van der Waals surface area contributed by atoms with E-state index in [0.717, 1.165) is 25.5 Å². The third kappa shape index (κ3) is 5.73. The quantitative estimate of drug-likeness (QED) is 0.297. The van der Waals surface area contributed by atoms with Crippen molar-refractivity contribution in [1.82, 2.24) is 19.6 Å². The van der Waals surface area contributed by atoms with Crippen molar-refractivity contribution in [2.24, 2.45) is 0 Å². The van der Waals surface area contributed by atoms with E-state index < -0.39 is 17.2 Å². The van der Waals surface area contributed by atoms with E-state index in [9.17, 15) is 14.0 Å². The number of hydrogen-bond acceptors (Lipinski definition) is 5. The van der Waals surface area contributed by atoms with Crippen LogP contribution < -0.4 is 5.43 Å². The molecule has 0 saturated carbocycles. The number of hydrogen-bond donors (Lipinski definition) is 0. The van der Waals surface area contributed by atoms with Crippen LogP contribution in [0.1, 0.15) is 68.4 Å². The maximum absolute atomic E-state index is 14.1. The molecule has 0 amide bonds. The first-order valence-corrected chi connectivity index (χ1v) is 11.4. The number of fused-ring (bicyclic) bond motifs is 1. The second-order valence-electron chi connectivity index (χ2n) is 7.74. The van der Waals surface area contributed by atoms with Gasteiger partial charge in [0.05, 0.1) is 29.9 Å². The molecule has 0 fully saturated rings. The highest BCUT2D eigenvalue weighted by Crippen LogP contribution is 2.22. The Hall–Kier alpha value is -2.74. The summed E-state index contributed by atoms with van der Waals surface area (Å²) in [4.78, 5) is 25.1. The molecule has 0 atom stereocenters. The van der Waals surface area contributed by atoms with Crippen LogP contribution in [-0.2, 0) is 17.8 Å². The highest BCUT2D eigenvalue weighted by atomic mass is 35.5. The maximum atomic E-state index is 14.1. The summed E-state index contributed by atoms with van der Waals surface area (Å²) >= 11 is 5.96. The average Bonchev–Trinajstić information content (AvgIpc) is 3.21. The summed E-state index contributed by atoms with van der Waals surface area (Å²) < 4.78 is 22.5. The Morgan fingerprint density at radius 3 is 2.62 bits per heavy atom. The molecule has 0 bridgehead atoms. The molecule has 0 N–H and O–H groups in total. The molecule has 7 nitrogen and oxygen atoms in total.